The number of carbonyl (C=O) groups is 1. The van der Waals surface area contributed by atoms with Crippen molar-refractivity contribution in [2.24, 2.45) is 0 Å². The minimum absolute atomic E-state index is 0.124. The van der Waals surface area contributed by atoms with Crippen LogP contribution in [0.4, 0.5) is 0 Å². The van der Waals surface area contributed by atoms with Crippen LogP contribution in [0.2, 0.25) is 0 Å². The van der Waals surface area contributed by atoms with Gasteiger partial charge >= 0.3 is 0 Å². The molecule has 0 radical (unpaired) electrons. The third-order valence-corrected chi connectivity index (χ3v) is 4.53. The number of aryl methyl sites for hydroxylation is 1. The van der Waals surface area contributed by atoms with Gasteiger partial charge in [-0.25, -0.2) is 9.67 Å². The molecule has 27 heavy (non-hydrogen) atoms. The summed E-state index contributed by atoms with van der Waals surface area (Å²) in [4.78, 5) is 19.1. The van der Waals surface area contributed by atoms with Crippen LogP contribution in [0.5, 0.6) is 0 Å². The Balaban J connectivity index is 1.52. The van der Waals surface area contributed by atoms with Crippen molar-refractivity contribution in [2.45, 2.75) is 19.6 Å². The molecule has 4 heterocycles. The number of aromatic nitrogens is 6. The van der Waals surface area contributed by atoms with E-state index >= 15 is 0 Å². The summed E-state index contributed by atoms with van der Waals surface area (Å²) >= 11 is 0. The van der Waals surface area contributed by atoms with E-state index in [1.807, 2.05) is 29.7 Å². The van der Waals surface area contributed by atoms with Gasteiger partial charge in [0.15, 0.2) is 5.82 Å². The number of fused-ring (bicyclic) bond motifs is 1. The Labute approximate surface area is 155 Å². The summed E-state index contributed by atoms with van der Waals surface area (Å²) in [6, 6.07) is 3.87. The fourth-order valence-electron chi connectivity index (χ4n) is 3.14. The topological polar surface area (TPSA) is 99.7 Å². The van der Waals surface area contributed by atoms with Crippen LogP contribution in [0.1, 0.15) is 28.0 Å². The second kappa shape index (κ2) is 7.41. The van der Waals surface area contributed by atoms with Crippen molar-refractivity contribution in [1.82, 2.24) is 34.5 Å². The maximum absolute atomic E-state index is 12.9. The van der Waals surface area contributed by atoms with Crippen molar-refractivity contribution in [1.29, 1.82) is 0 Å². The number of tetrazole rings is 1. The van der Waals surface area contributed by atoms with E-state index in [9.17, 15) is 4.79 Å². The van der Waals surface area contributed by atoms with E-state index in [0.29, 0.717) is 44.4 Å². The Bertz CT molecular complexity index is 951. The van der Waals surface area contributed by atoms with Crippen molar-refractivity contribution in [3.63, 3.8) is 0 Å². The number of pyridine rings is 1. The molecule has 0 spiro atoms. The fourth-order valence-corrected chi connectivity index (χ4v) is 3.14. The fraction of sp³-hybridized carbons (Fsp3) is 0.471. The third kappa shape index (κ3) is 3.53. The van der Waals surface area contributed by atoms with E-state index in [2.05, 4.69) is 20.5 Å². The van der Waals surface area contributed by atoms with E-state index in [-0.39, 0.29) is 12.0 Å². The van der Waals surface area contributed by atoms with Crippen molar-refractivity contribution < 1.29 is 14.3 Å². The summed E-state index contributed by atoms with van der Waals surface area (Å²) in [6.45, 7) is 4.31. The summed E-state index contributed by atoms with van der Waals surface area (Å²) in [6.07, 6.45) is 3.33. The van der Waals surface area contributed by atoms with Crippen molar-refractivity contribution in [3.05, 3.63) is 41.6 Å². The molecule has 0 bridgehead atoms. The summed E-state index contributed by atoms with van der Waals surface area (Å²) in [5.41, 5.74) is 2.27. The van der Waals surface area contributed by atoms with Gasteiger partial charge < -0.3 is 18.8 Å². The Kier molecular flexibility index (Phi) is 4.82. The predicted molar refractivity (Wildman–Crippen MR) is 94.2 cm³/mol. The van der Waals surface area contributed by atoms with Crippen molar-refractivity contribution in [3.8, 4) is 0 Å². The molecule has 3 aromatic rings. The standard InChI is InChI=1S/C17H21N7O3/c1-12-3-4-15-18-13(10-23(15)9-12)17(25)22-5-8-27-14(11-22)16-19-20-21-24(16)6-7-26-2/h3-4,9-10,14H,5-8,11H2,1-2H3/t14-/m1/s1. The van der Waals surface area contributed by atoms with E-state index in [4.69, 9.17) is 9.47 Å². The summed E-state index contributed by atoms with van der Waals surface area (Å²) in [7, 11) is 1.62. The van der Waals surface area contributed by atoms with Gasteiger partial charge in [-0.05, 0) is 29.0 Å². The highest BCUT2D eigenvalue weighted by Gasteiger charge is 2.30. The maximum atomic E-state index is 12.9. The molecule has 1 saturated heterocycles. The average molecular weight is 371 g/mol. The molecule has 4 rings (SSSR count). The number of hydrogen-bond donors (Lipinski definition) is 0. The minimum atomic E-state index is -0.381. The van der Waals surface area contributed by atoms with Crippen LogP contribution in [0, 0.1) is 6.92 Å². The first-order chi connectivity index (χ1) is 13.2. The van der Waals surface area contributed by atoms with Gasteiger partial charge in [-0.3, -0.25) is 4.79 Å². The molecule has 1 aliphatic rings. The van der Waals surface area contributed by atoms with E-state index in [1.54, 1.807) is 22.9 Å². The van der Waals surface area contributed by atoms with Gasteiger partial charge in [0.25, 0.3) is 5.91 Å². The Morgan fingerprint density at radius 1 is 1.37 bits per heavy atom. The van der Waals surface area contributed by atoms with Gasteiger partial charge in [-0.15, -0.1) is 5.10 Å². The van der Waals surface area contributed by atoms with Crippen LogP contribution in [-0.4, -0.2) is 73.8 Å². The van der Waals surface area contributed by atoms with Gasteiger partial charge in [-0.1, -0.05) is 6.07 Å². The summed E-state index contributed by atoms with van der Waals surface area (Å²) in [5.74, 6) is 0.468. The molecule has 0 aromatic carbocycles. The minimum Gasteiger partial charge on any atom is -0.383 e. The molecule has 142 valence electrons. The normalized spacial score (nSPS) is 17.6. The Morgan fingerprint density at radius 3 is 3.11 bits per heavy atom. The molecular weight excluding hydrogens is 350 g/mol. The smallest absolute Gasteiger partial charge is 0.274 e. The second-order valence-electron chi connectivity index (χ2n) is 6.46. The van der Waals surface area contributed by atoms with Crippen LogP contribution in [-0.2, 0) is 16.0 Å². The van der Waals surface area contributed by atoms with E-state index < -0.39 is 0 Å². The number of morpholine rings is 1. The first kappa shape index (κ1) is 17.6. The van der Waals surface area contributed by atoms with Gasteiger partial charge in [0, 0.05) is 26.0 Å². The highest BCUT2D eigenvalue weighted by Crippen LogP contribution is 2.21. The van der Waals surface area contributed by atoms with Crippen LogP contribution < -0.4 is 0 Å². The molecular formula is C17H21N7O3. The SMILES string of the molecule is COCCn1nnnc1[C@H]1CN(C(=O)c2cn3cc(C)ccc3n2)CCO1. The van der Waals surface area contributed by atoms with Crippen LogP contribution >= 0.6 is 0 Å². The molecule has 0 unspecified atom stereocenters. The zero-order valence-corrected chi connectivity index (χ0v) is 15.3. The number of carbonyl (C=O) groups excluding carboxylic acids is 1. The van der Waals surface area contributed by atoms with Gasteiger partial charge in [0.1, 0.15) is 17.4 Å². The largest absolute Gasteiger partial charge is 0.383 e. The zero-order chi connectivity index (χ0) is 18.8. The molecule has 0 N–H and O–H groups in total. The lowest BCUT2D eigenvalue weighted by Crippen LogP contribution is -2.43. The van der Waals surface area contributed by atoms with Crippen LogP contribution in [0.3, 0.4) is 0 Å². The van der Waals surface area contributed by atoms with Crippen molar-refractivity contribution in [2.75, 3.05) is 33.4 Å². The summed E-state index contributed by atoms with van der Waals surface area (Å²) in [5, 5.41) is 11.8. The second-order valence-corrected chi connectivity index (χ2v) is 6.46. The first-order valence-corrected chi connectivity index (χ1v) is 8.77. The lowest BCUT2D eigenvalue weighted by molar-refractivity contribution is -0.0293. The summed E-state index contributed by atoms with van der Waals surface area (Å²) < 4.78 is 14.4. The number of hydrogen-bond acceptors (Lipinski definition) is 7. The number of rotatable bonds is 5. The number of amides is 1. The molecule has 1 aliphatic heterocycles. The lowest BCUT2D eigenvalue weighted by Gasteiger charge is -2.31. The van der Waals surface area contributed by atoms with Gasteiger partial charge in [-0.2, -0.15) is 0 Å². The maximum Gasteiger partial charge on any atom is 0.274 e. The number of imidazole rings is 1. The van der Waals surface area contributed by atoms with Gasteiger partial charge in [0.2, 0.25) is 0 Å². The van der Waals surface area contributed by atoms with E-state index in [0.717, 1.165) is 11.2 Å². The predicted octanol–water partition coefficient (Wildman–Crippen LogP) is 0.489. The first-order valence-electron chi connectivity index (χ1n) is 8.77. The lowest BCUT2D eigenvalue weighted by atomic mass is 10.2. The molecule has 1 atom stereocenters. The Hall–Kier alpha value is -2.85. The highest BCUT2D eigenvalue weighted by molar-refractivity contribution is 5.93. The molecule has 10 heteroatoms. The number of methoxy groups -OCH3 is 1. The molecule has 1 fully saturated rings. The monoisotopic (exact) mass is 371 g/mol. The van der Waals surface area contributed by atoms with E-state index in [1.165, 1.54) is 0 Å². The van der Waals surface area contributed by atoms with Crippen molar-refractivity contribution >= 4 is 11.6 Å². The number of nitrogens with zero attached hydrogens (tertiary/aromatic N) is 7. The molecule has 3 aromatic heterocycles. The highest BCUT2D eigenvalue weighted by atomic mass is 16.5. The van der Waals surface area contributed by atoms with Crippen LogP contribution in [0.15, 0.2) is 24.5 Å². The third-order valence-electron chi connectivity index (χ3n) is 4.53. The molecule has 1 amide bonds. The zero-order valence-electron chi connectivity index (χ0n) is 15.3. The average Bonchev–Trinajstić information content (AvgIpc) is 3.32. The molecule has 10 nitrogen and oxygen atoms in total. The number of ether oxygens (including phenoxy) is 2. The van der Waals surface area contributed by atoms with Crippen LogP contribution in [0.25, 0.3) is 5.65 Å². The molecule has 0 saturated carbocycles. The molecule has 0 aliphatic carbocycles. The Morgan fingerprint density at radius 2 is 2.26 bits per heavy atom. The quantitative estimate of drug-likeness (QED) is 0.643. The van der Waals surface area contributed by atoms with Gasteiger partial charge in [0.05, 0.1) is 26.3 Å².